The van der Waals surface area contributed by atoms with Gasteiger partial charge in [-0.25, -0.2) is 4.98 Å². The van der Waals surface area contributed by atoms with E-state index in [9.17, 15) is 0 Å². The molecule has 1 aromatic heterocycles. The van der Waals surface area contributed by atoms with Crippen LogP contribution >= 0.6 is 46.4 Å². The van der Waals surface area contributed by atoms with Crippen molar-refractivity contribution in [1.82, 2.24) is 4.98 Å². The zero-order valence-corrected chi connectivity index (χ0v) is 13.5. The second-order valence-corrected chi connectivity index (χ2v) is 5.65. The molecule has 0 radical (unpaired) electrons. The highest BCUT2D eigenvalue weighted by molar-refractivity contribution is 6.37. The molecule has 3 nitrogen and oxygen atoms in total. The number of anilines is 3. The number of halogens is 4. The van der Waals surface area contributed by atoms with Gasteiger partial charge in [0.05, 0.1) is 10.0 Å². The molecule has 7 heteroatoms. The fourth-order valence-electron chi connectivity index (χ4n) is 1.61. The van der Waals surface area contributed by atoms with E-state index >= 15 is 0 Å². The molecular weight excluding hydrogens is 340 g/mol. The summed E-state index contributed by atoms with van der Waals surface area (Å²) in [6.45, 7) is 2.66. The van der Waals surface area contributed by atoms with Crippen molar-refractivity contribution < 1.29 is 0 Å². The Morgan fingerprint density at radius 2 is 1.50 bits per heavy atom. The van der Waals surface area contributed by atoms with E-state index in [0.29, 0.717) is 44.0 Å². The molecule has 1 heterocycles. The van der Waals surface area contributed by atoms with E-state index in [1.165, 1.54) is 0 Å². The lowest BCUT2D eigenvalue weighted by Crippen LogP contribution is -2.03. The Morgan fingerprint density at radius 3 is 2.10 bits per heavy atom. The van der Waals surface area contributed by atoms with Crippen molar-refractivity contribution in [2.75, 3.05) is 17.2 Å². The largest absolute Gasteiger partial charge is 0.369 e. The number of rotatable bonds is 4. The van der Waals surface area contributed by atoms with Crippen LogP contribution in [-0.2, 0) is 0 Å². The molecule has 2 rings (SSSR count). The van der Waals surface area contributed by atoms with Crippen molar-refractivity contribution >= 4 is 63.7 Å². The zero-order valence-electron chi connectivity index (χ0n) is 10.5. The lowest BCUT2D eigenvalue weighted by Gasteiger charge is -2.12. The molecule has 0 unspecified atom stereocenters. The number of pyridine rings is 1. The topological polar surface area (TPSA) is 37.0 Å². The number of nitrogens with zero attached hydrogens (tertiary/aromatic N) is 1. The van der Waals surface area contributed by atoms with Crippen molar-refractivity contribution in [3.05, 3.63) is 44.4 Å². The lowest BCUT2D eigenvalue weighted by molar-refractivity contribution is 1.16. The molecular formula is C13H11Cl4N3. The van der Waals surface area contributed by atoms with Gasteiger partial charge in [0.2, 0.25) is 0 Å². The quantitative estimate of drug-likeness (QED) is 0.723. The van der Waals surface area contributed by atoms with Gasteiger partial charge >= 0.3 is 0 Å². The first kappa shape index (κ1) is 15.5. The summed E-state index contributed by atoms with van der Waals surface area (Å²) in [5, 5.41) is 8.05. The van der Waals surface area contributed by atoms with E-state index in [0.717, 1.165) is 0 Å². The van der Waals surface area contributed by atoms with Crippen LogP contribution in [0.4, 0.5) is 17.3 Å². The third-order valence-electron chi connectivity index (χ3n) is 2.40. The van der Waals surface area contributed by atoms with Crippen molar-refractivity contribution in [1.29, 1.82) is 0 Å². The summed E-state index contributed by atoms with van der Waals surface area (Å²) in [6, 6.07) is 6.73. The van der Waals surface area contributed by atoms with Crippen LogP contribution in [0.2, 0.25) is 20.1 Å². The van der Waals surface area contributed by atoms with E-state index in [1.54, 1.807) is 24.3 Å². The number of aromatic nitrogens is 1. The minimum absolute atomic E-state index is 0.410. The van der Waals surface area contributed by atoms with Gasteiger partial charge < -0.3 is 10.6 Å². The number of nitrogens with one attached hydrogen (secondary N) is 2. The lowest BCUT2D eigenvalue weighted by atomic mass is 10.3. The van der Waals surface area contributed by atoms with Gasteiger partial charge in [-0.2, -0.15) is 0 Å². The fraction of sp³-hybridized carbons (Fsp3) is 0.154. The second kappa shape index (κ2) is 6.72. The van der Waals surface area contributed by atoms with Gasteiger partial charge in [0, 0.05) is 22.3 Å². The van der Waals surface area contributed by atoms with E-state index in [2.05, 4.69) is 15.6 Å². The van der Waals surface area contributed by atoms with E-state index in [4.69, 9.17) is 46.4 Å². The van der Waals surface area contributed by atoms with E-state index < -0.39 is 0 Å². The van der Waals surface area contributed by atoms with Crippen LogP contribution in [0.5, 0.6) is 0 Å². The van der Waals surface area contributed by atoms with Gasteiger partial charge in [0.25, 0.3) is 0 Å². The van der Waals surface area contributed by atoms with Gasteiger partial charge in [-0.1, -0.05) is 46.4 Å². The summed E-state index contributed by atoms with van der Waals surface area (Å²) in [5.41, 5.74) is 0.696. The fourth-order valence-corrected chi connectivity index (χ4v) is 2.61. The van der Waals surface area contributed by atoms with Crippen LogP contribution in [0.25, 0.3) is 0 Å². The van der Waals surface area contributed by atoms with Crippen LogP contribution in [0, 0.1) is 0 Å². The summed E-state index contributed by atoms with van der Waals surface area (Å²) < 4.78 is 0. The number of hydrogen-bond acceptors (Lipinski definition) is 3. The van der Waals surface area contributed by atoms with Crippen LogP contribution in [0.3, 0.4) is 0 Å². The molecule has 0 spiro atoms. The third-order valence-corrected chi connectivity index (χ3v) is 3.41. The molecule has 0 amide bonds. The Bertz CT molecular complexity index is 611. The maximum Gasteiger partial charge on any atom is 0.151 e. The molecule has 0 bridgehead atoms. The van der Waals surface area contributed by atoms with Crippen molar-refractivity contribution in [3.8, 4) is 0 Å². The maximum atomic E-state index is 6.13. The first-order chi connectivity index (χ1) is 9.49. The molecule has 0 aliphatic carbocycles. The average Bonchev–Trinajstić information content (AvgIpc) is 2.34. The van der Waals surface area contributed by atoms with Crippen LogP contribution in [-0.4, -0.2) is 11.5 Å². The Balaban J connectivity index is 2.34. The average molecular weight is 351 g/mol. The van der Waals surface area contributed by atoms with Crippen molar-refractivity contribution in [3.63, 3.8) is 0 Å². The second-order valence-electron chi connectivity index (χ2n) is 3.96. The molecule has 2 aromatic rings. The van der Waals surface area contributed by atoms with Crippen molar-refractivity contribution in [2.45, 2.75) is 6.92 Å². The Hall–Kier alpha value is -0.870. The molecule has 2 N–H and O–H groups in total. The molecule has 1 aromatic carbocycles. The smallest absolute Gasteiger partial charge is 0.151 e. The van der Waals surface area contributed by atoms with E-state index in [-0.39, 0.29) is 0 Å². The van der Waals surface area contributed by atoms with Crippen LogP contribution in [0.15, 0.2) is 24.3 Å². The Labute approximate surface area is 137 Å². The van der Waals surface area contributed by atoms with Crippen LogP contribution < -0.4 is 10.6 Å². The van der Waals surface area contributed by atoms with Gasteiger partial charge in [-0.05, 0) is 31.2 Å². The summed E-state index contributed by atoms with van der Waals surface area (Å²) >= 11 is 24.1. The van der Waals surface area contributed by atoms with E-state index in [1.807, 2.05) is 6.92 Å². The maximum absolute atomic E-state index is 6.13. The highest BCUT2D eigenvalue weighted by atomic mass is 35.5. The summed E-state index contributed by atoms with van der Waals surface area (Å²) in [6.07, 6.45) is 0. The summed E-state index contributed by atoms with van der Waals surface area (Å²) in [7, 11) is 0. The minimum Gasteiger partial charge on any atom is -0.369 e. The monoisotopic (exact) mass is 349 g/mol. The Kier molecular flexibility index (Phi) is 5.22. The molecule has 0 aliphatic heterocycles. The van der Waals surface area contributed by atoms with Gasteiger partial charge in [0.1, 0.15) is 5.82 Å². The SMILES string of the molecule is CCNc1nc(Nc2cc(Cl)cc(Cl)c2)c(Cl)cc1Cl. The summed E-state index contributed by atoms with van der Waals surface area (Å²) in [4.78, 5) is 4.34. The third kappa shape index (κ3) is 3.83. The zero-order chi connectivity index (χ0) is 14.7. The molecule has 20 heavy (non-hydrogen) atoms. The normalized spacial score (nSPS) is 10.4. The molecule has 0 atom stereocenters. The number of benzene rings is 1. The molecule has 0 aliphatic rings. The first-order valence-corrected chi connectivity index (χ1v) is 7.34. The van der Waals surface area contributed by atoms with Gasteiger partial charge in [-0.15, -0.1) is 0 Å². The summed E-state index contributed by atoms with van der Waals surface area (Å²) in [5.74, 6) is 1.04. The van der Waals surface area contributed by atoms with Crippen LogP contribution in [0.1, 0.15) is 6.92 Å². The molecule has 0 fully saturated rings. The first-order valence-electron chi connectivity index (χ1n) is 5.82. The highest BCUT2D eigenvalue weighted by Crippen LogP contribution is 2.32. The molecule has 0 saturated carbocycles. The predicted molar refractivity (Wildman–Crippen MR) is 88.2 cm³/mol. The molecule has 106 valence electrons. The minimum atomic E-state index is 0.410. The Morgan fingerprint density at radius 1 is 0.900 bits per heavy atom. The predicted octanol–water partition coefficient (Wildman–Crippen LogP) is 5.87. The van der Waals surface area contributed by atoms with Crippen molar-refractivity contribution in [2.24, 2.45) is 0 Å². The number of hydrogen-bond donors (Lipinski definition) is 2. The highest BCUT2D eigenvalue weighted by Gasteiger charge is 2.09. The standard InChI is InChI=1S/C13H11Cl4N3/c1-2-18-12-10(16)6-11(17)13(20-12)19-9-4-7(14)3-8(15)5-9/h3-6H,2H2,1H3,(H2,18,19,20). The van der Waals surface area contributed by atoms with Gasteiger partial charge in [-0.3, -0.25) is 0 Å². The molecule has 0 saturated heterocycles. The van der Waals surface area contributed by atoms with Gasteiger partial charge in [0.15, 0.2) is 5.82 Å².